The van der Waals surface area contributed by atoms with Crippen molar-refractivity contribution < 1.29 is 14.0 Å². The number of hydrogen-bond donors (Lipinski definition) is 1. The molecule has 42 heavy (non-hydrogen) atoms. The Morgan fingerprint density at radius 3 is 1.45 bits per heavy atom. The first-order valence-electron chi connectivity index (χ1n) is 14.3. The molecule has 0 aliphatic rings. The smallest absolute Gasteiger partial charge is 0.336 e. The fourth-order valence-electron chi connectivity index (χ4n) is 5.84. The van der Waals surface area contributed by atoms with Crippen LogP contribution in [0.25, 0.3) is 0 Å². The van der Waals surface area contributed by atoms with E-state index in [2.05, 4.69) is 74.6 Å². The van der Waals surface area contributed by atoms with Crippen LogP contribution in [0.1, 0.15) is 28.3 Å². The molecular weight excluding hydrogens is 534 g/mol. The summed E-state index contributed by atoms with van der Waals surface area (Å²) in [5, 5.41) is 6.89. The van der Waals surface area contributed by atoms with Crippen molar-refractivity contribution in [2.24, 2.45) is 0 Å². The van der Waals surface area contributed by atoms with Gasteiger partial charge in [-0.15, -0.1) is 0 Å². The van der Waals surface area contributed by atoms with Crippen LogP contribution in [-0.4, -0.2) is 27.5 Å². The molecular formula is C37H37NO3Si. The minimum atomic E-state index is -3.26. The molecule has 4 nitrogen and oxygen atoms in total. The van der Waals surface area contributed by atoms with Crippen LogP contribution in [0.5, 0.6) is 0 Å². The standard InChI is InChI=1S/C37H37NO3Si/c1-27-25-28(2)34(29(3)26-27)38-35(30-17-9-5-10-18-30)36(37(39)40-4)41-42(31-19-11-6-12-20-31,32-21-13-7-14-22-32)33-23-15-8-16-24-33/h5-26,35-36,38H,1-4H3/t35-,36+/m1/s1. The second-order valence-corrected chi connectivity index (χ2v) is 14.0. The third kappa shape index (κ3) is 5.94. The molecule has 5 heteroatoms. The fourth-order valence-corrected chi connectivity index (χ4v) is 9.85. The first-order valence-corrected chi connectivity index (χ1v) is 16.2. The fraction of sp³-hybridized carbons (Fsp3) is 0.162. The molecule has 0 radical (unpaired) electrons. The first-order chi connectivity index (χ1) is 20.4. The Labute approximate surface area is 250 Å². The molecule has 0 aromatic heterocycles. The summed E-state index contributed by atoms with van der Waals surface area (Å²) in [5.41, 5.74) is 5.32. The van der Waals surface area contributed by atoms with Crippen molar-refractivity contribution in [1.29, 1.82) is 0 Å². The van der Waals surface area contributed by atoms with Crippen molar-refractivity contribution in [3.8, 4) is 0 Å². The van der Waals surface area contributed by atoms with Gasteiger partial charge in [0.1, 0.15) is 0 Å². The van der Waals surface area contributed by atoms with Crippen LogP contribution in [-0.2, 0) is 14.0 Å². The van der Waals surface area contributed by atoms with Crippen molar-refractivity contribution in [3.63, 3.8) is 0 Å². The Balaban J connectivity index is 1.75. The molecule has 0 unspecified atom stereocenters. The maximum Gasteiger partial charge on any atom is 0.336 e. The topological polar surface area (TPSA) is 47.6 Å². The minimum Gasteiger partial charge on any atom is -0.467 e. The molecule has 5 rings (SSSR count). The van der Waals surface area contributed by atoms with Crippen molar-refractivity contribution in [3.05, 3.63) is 156 Å². The molecule has 0 aliphatic heterocycles. The normalized spacial score (nSPS) is 12.8. The molecule has 1 N–H and O–H groups in total. The van der Waals surface area contributed by atoms with E-state index in [1.54, 1.807) is 0 Å². The van der Waals surface area contributed by atoms with Gasteiger partial charge in [0.15, 0.2) is 6.10 Å². The number of ether oxygens (including phenoxy) is 1. The summed E-state index contributed by atoms with van der Waals surface area (Å²) in [6, 6.07) is 44.7. The molecule has 0 saturated carbocycles. The van der Waals surface area contributed by atoms with Gasteiger partial charge < -0.3 is 14.5 Å². The van der Waals surface area contributed by atoms with Crippen molar-refractivity contribution >= 4 is 35.5 Å². The zero-order chi connectivity index (χ0) is 29.5. The number of anilines is 1. The third-order valence-electron chi connectivity index (χ3n) is 7.72. The average Bonchev–Trinajstić information content (AvgIpc) is 3.03. The Hall–Kier alpha value is -4.45. The van der Waals surface area contributed by atoms with E-state index in [1.165, 1.54) is 12.7 Å². The van der Waals surface area contributed by atoms with Crippen LogP contribution >= 0.6 is 0 Å². The predicted molar refractivity (Wildman–Crippen MR) is 174 cm³/mol. The molecule has 0 heterocycles. The van der Waals surface area contributed by atoms with E-state index in [-0.39, 0.29) is 0 Å². The average molecular weight is 572 g/mol. The first kappa shape index (κ1) is 29.1. The van der Waals surface area contributed by atoms with Gasteiger partial charge in [0.05, 0.1) is 13.2 Å². The lowest BCUT2D eigenvalue weighted by atomic mass is 9.98. The Bertz CT molecular complexity index is 1490. The van der Waals surface area contributed by atoms with Gasteiger partial charge >= 0.3 is 5.97 Å². The number of esters is 1. The maximum absolute atomic E-state index is 13.9. The molecule has 0 spiro atoms. The van der Waals surface area contributed by atoms with Crippen LogP contribution in [0.15, 0.2) is 133 Å². The summed E-state index contributed by atoms with van der Waals surface area (Å²) >= 11 is 0. The van der Waals surface area contributed by atoms with Crippen LogP contribution in [0.2, 0.25) is 0 Å². The summed E-state index contributed by atoms with van der Waals surface area (Å²) in [6.45, 7) is 6.28. The van der Waals surface area contributed by atoms with E-state index in [0.717, 1.165) is 37.9 Å². The van der Waals surface area contributed by atoms with Crippen molar-refractivity contribution in [1.82, 2.24) is 0 Å². The highest BCUT2D eigenvalue weighted by atomic mass is 28.4. The largest absolute Gasteiger partial charge is 0.467 e. The molecule has 0 saturated heterocycles. The number of carbonyl (C=O) groups excluding carboxylic acids is 1. The Morgan fingerprint density at radius 2 is 1.05 bits per heavy atom. The van der Waals surface area contributed by atoms with Gasteiger partial charge in [-0.2, -0.15) is 0 Å². The number of nitrogens with one attached hydrogen (secondary N) is 1. The van der Waals surface area contributed by atoms with Crippen molar-refractivity contribution in [2.45, 2.75) is 32.9 Å². The van der Waals surface area contributed by atoms with Crippen molar-refractivity contribution in [2.75, 3.05) is 12.4 Å². The molecule has 0 fully saturated rings. The molecule has 2 atom stereocenters. The highest BCUT2D eigenvalue weighted by molar-refractivity contribution is 7.07. The number of benzene rings is 5. The Morgan fingerprint density at radius 1 is 0.643 bits per heavy atom. The number of carbonyl (C=O) groups is 1. The summed E-state index contributed by atoms with van der Waals surface area (Å²) in [7, 11) is -1.83. The second-order valence-electron chi connectivity index (χ2n) is 10.6. The van der Waals surface area contributed by atoms with Crippen LogP contribution in [0, 0.1) is 20.8 Å². The quantitative estimate of drug-likeness (QED) is 0.127. The van der Waals surface area contributed by atoms with E-state index >= 15 is 0 Å². The lowest BCUT2D eigenvalue weighted by molar-refractivity contribution is -0.149. The summed E-state index contributed by atoms with van der Waals surface area (Å²) in [5.74, 6) is -0.432. The highest BCUT2D eigenvalue weighted by Gasteiger charge is 2.47. The summed E-state index contributed by atoms with van der Waals surface area (Å²) in [4.78, 5) is 13.9. The van der Waals surface area contributed by atoms with E-state index in [1.807, 2.05) is 84.9 Å². The monoisotopic (exact) mass is 571 g/mol. The minimum absolute atomic E-state index is 0.432. The second kappa shape index (κ2) is 13.0. The number of rotatable bonds is 10. The lowest BCUT2D eigenvalue weighted by Gasteiger charge is -2.39. The molecule has 5 aromatic carbocycles. The van der Waals surface area contributed by atoms with Gasteiger partial charge in [-0.25, -0.2) is 4.79 Å². The van der Waals surface area contributed by atoms with Gasteiger partial charge in [-0.1, -0.05) is 139 Å². The molecule has 0 aliphatic carbocycles. The molecule has 212 valence electrons. The van der Waals surface area contributed by atoms with E-state index < -0.39 is 26.4 Å². The molecule has 5 aromatic rings. The van der Waals surface area contributed by atoms with Gasteiger partial charge in [0.2, 0.25) is 0 Å². The van der Waals surface area contributed by atoms with Gasteiger partial charge in [-0.3, -0.25) is 0 Å². The van der Waals surface area contributed by atoms with E-state index in [4.69, 9.17) is 9.16 Å². The van der Waals surface area contributed by atoms with Crippen LogP contribution in [0.3, 0.4) is 0 Å². The molecule has 0 amide bonds. The van der Waals surface area contributed by atoms with Crippen LogP contribution in [0.4, 0.5) is 5.69 Å². The zero-order valence-corrected chi connectivity index (χ0v) is 25.6. The zero-order valence-electron chi connectivity index (χ0n) is 24.6. The van der Waals surface area contributed by atoms with E-state index in [0.29, 0.717) is 0 Å². The predicted octanol–water partition coefficient (Wildman–Crippen LogP) is 5.99. The number of aryl methyl sites for hydroxylation is 3. The molecule has 0 bridgehead atoms. The number of methoxy groups -OCH3 is 1. The Kier molecular flexibility index (Phi) is 9.01. The van der Waals surface area contributed by atoms with Gasteiger partial charge in [0, 0.05) is 5.69 Å². The third-order valence-corrected chi connectivity index (χ3v) is 11.8. The summed E-state index contributed by atoms with van der Waals surface area (Å²) in [6.07, 6.45) is -0.968. The van der Waals surface area contributed by atoms with Gasteiger partial charge in [0.25, 0.3) is 8.32 Å². The van der Waals surface area contributed by atoms with Crippen LogP contribution < -0.4 is 20.9 Å². The lowest BCUT2D eigenvalue weighted by Crippen LogP contribution is -2.71. The van der Waals surface area contributed by atoms with E-state index in [9.17, 15) is 4.79 Å². The van der Waals surface area contributed by atoms with Gasteiger partial charge in [-0.05, 0) is 53.0 Å². The SMILES string of the molecule is COC(=O)[C@@H](O[Si](c1ccccc1)(c1ccccc1)c1ccccc1)[C@H](Nc1c(C)cc(C)cc1C)c1ccccc1. The highest BCUT2D eigenvalue weighted by Crippen LogP contribution is 2.32. The maximum atomic E-state index is 13.9. The summed E-state index contributed by atoms with van der Waals surface area (Å²) < 4.78 is 12.9. The number of hydrogen-bond acceptors (Lipinski definition) is 4.